The first-order valence-corrected chi connectivity index (χ1v) is 13.4. The molecule has 0 aliphatic rings. The summed E-state index contributed by atoms with van der Waals surface area (Å²) in [6, 6.07) is 12.7. The standard InChI is InChI=1S/C23H17Cl2F2N3O3S2/c1-30(20-4-3-14(26)9-18(20)27)16-8-13(24)7-15(10-16)28-23(31)22-6-12-5-19(29-35(2,32)33)17(25)11-21(12)34-22/h3-11,29H,1-2H3,(H,28,31). The van der Waals surface area contributed by atoms with Crippen LogP contribution in [0.3, 0.4) is 0 Å². The molecule has 0 unspecified atom stereocenters. The summed E-state index contributed by atoms with van der Waals surface area (Å²) in [4.78, 5) is 14.8. The molecule has 35 heavy (non-hydrogen) atoms. The number of hydrogen-bond donors (Lipinski definition) is 2. The highest BCUT2D eigenvalue weighted by Crippen LogP contribution is 2.35. The number of carbonyl (C=O) groups is 1. The second kappa shape index (κ2) is 9.62. The minimum absolute atomic E-state index is 0.130. The first-order valence-electron chi connectivity index (χ1n) is 9.91. The van der Waals surface area contributed by atoms with E-state index in [9.17, 15) is 22.0 Å². The van der Waals surface area contributed by atoms with Crippen LogP contribution in [0.5, 0.6) is 0 Å². The Morgan fingerprint density at radius 3 is 2.46 bits per heavy atom. The van der Waals surface area contributed by atoms with Crippen LogP contribution in [0.1, 0.15) is 9.67 Å². The van der Waals surface area contributed by atoms with Gasteiger partial charge < -0.3 is 10.2 Å². The molecule has 0 aliphatic heterocycles. The number of thiophene rings is 1. The van der Waals surface area contributed by atoms with Gasteiger partial charge in [-0.2, -0.15) is 0 Å². The van der Waals surface area contributed by atoms with Crippen molar-refractivity contribution < 1.29 is 22.0 Å². The summed E-state index contributed by atoms with van der Waals surface area (Å²) in [7, 11) is -1.94. The summed E-state index contributed by atoms with van der Waals surface area (Å²) in [6.07, 6.45) is 1.02. The Morgan fingerprint density at radius 2 is 1.77 bits per heavy atom. The fraction of sp³-hybridized carbons (Fsp3) is 0.0870. The SMILES string of the molecule is CN(c1cc(Cl)cc(NC(=O)c2cc3cc(NS(C)(=O)=O)c(Cl)cc3s2)c1)c1ccc(F)cc1F. The molecule has 0 saturated heterocycles. The molecule has 12 heteroatoms. The van der Waals surface area contributed by atoms with Gasteiger partial charge in [-0.15, -0.1) is 11.3 Å². The van der Waals surface area contributed by atoms with Gasteiger partial charge in [-0.25, -0.2) is 17.2 Å². The number of nitrogens with one attached hydrogen (secondary N) is 2. The Bertz CT molecular complexity index is 1580. The van der Waals surface area contributed by atoms with Crippen LogP contribution in [0.2, 0.25) is 10.0 Å². The molecule has 6 nitrogen and oxygen atoms in total. The Balaban J connectivity index is 1.60. The maximum absolute atomic E-state index is 14.2. The number of fused-ring (bicyclic) bond motifs is 1. The second-order valence-electron chi connectivity index (χ2n) is 7.66. The van der Waals surface area contributed by atoms with Gasteiger partial charge in [0.05, 0.1) is 27.5 Å². The predicted molar refractivity (Wildman–Crippen MR) is 139 cm³/mol. The number of amides is 1. The lowest BCUT2D eigenvalue weighted by Crippen LogP contribution is -2.13. The number of sulfonamides is 1. The molecule has 2 N–H and O–H groups in total. The summed E-state index contributed by atoms with van der Waals surface area (Å²) in [5.74, 6) is -1.86. The highest BCUT2D eigenvalue weighted by atomic mass is 35.5. The van der Waals surface area contributed by atoms with E-state index in [1.54, 1.807) is 37.4 Å². The zero-order valence-corrected chi connectivity index (χ0v) is 21.3. The summed E-state index contributed by atoms with van der Waals surface area (Å²) < 4.78 is 53.6. The zero-order chi connectivity index (χ0) is 25.5. The molecule has 4 rings (SSSR count). The minimum Gasteiger partial charge on any atom is -0.342 e. The Morgan fingerprint density at radius 1 is 1.03 bits per heavy atom. The van der Waals surface area contributed by atoms with Crippen molar-refractivity contribution in [1.29, 1.82) is 0 Å². The molecule has 1 amide bonds. The quantitative estimate of drug-likeness (QED) is 0.272. The monoisotopic (exact) mass is 555 g/mol. The molecule has 0 spiro atoms. The average molecular weight is 556 g/mol. The molecule has 4 aromatic rings. The number of halogens is 4. The smallest absolute Gasteiger partial charge is 0.265 e. The zero-order valence-electron chi connectivity index (χ0n) is 18.2. The third-order valence-corrected chi connectivity index (χ3v) is 7.14. The largest absolute Gasteiger partial charge is 0.342 e. The van der Waals surface area contributed by atoms with Crippen LogP contribution in [0.25, 0.3) is 10.1 Å². The van der Waals surface area contributed by atoms with Crippen LogP contribution < -0.4 is 14.9 Å². The van der Waals surface area contributed by atoms with E-state index < -0.39 is 27.6 Å². The van der Waals surface area contributed by atoms with Gasteiger partial charge in [0.25, 0.3) is 5.91 Å². The third kappa shape index (κ3) is 5.84. The van der Waals surface area contributed by atoms with Crippen molar-refractivity contribution in [3.05, 3.63) is 81.2 Å². The molecule has 3 aromatic carbocycles. The number of nitrogens with zero attached hydrogens (tertiary/aromatic N) is 1. The van der Waals surface area contributed by atoms with E-state index in [-0.39, 0.29) is 16.4 Å². The van der Waals surface area contributed by atoms with E-state index in [2.05, 4.69) is 10.0 Å². The summed E-state index contributed by atoms with van der Waals surface area (Å²) >= 11 is 13.6. The van der Waals surface area contributed by atoms with Gasteiger partial charge >= 0.3 is 0 Å². The van der Waals surface area contributed by atoms with Crippen LogP contribution in [-0.2, 0) is 10.0 Å². The van der Waals surface area contributed by atoms with E-state index in [0.717, 1.165) is 18.4 Å². The Hall–Kier alpha value is -2.92. The number of rotatable bonds is 6. The van der Waals surface area contributed by atoms with Gasteiger partial charge in [0.2, 0.25) is 10.0 Å². The Labute approximate surface area is 214 Å². The normalized spacial score (nSPS) is 11.5. The van der Waals surface area contributed by atoms with Crippen molar-refractivity contribution in [2.24, 2.45) is 0 Å². The molecule has 182 valence electrons. The van der Waals surface area contributed by atoms with Crippen molar-refractivity contribution in [2.45, 2.75) is 0 Å². The number of carbonyl (C=O) groups excluding carboxylic acids is 1. The third-order valence-electron chi connectivity index (χ3n) is 4.92. The van der Waals surface area contributed by atoms with Gasteiger partial charge in [0.15, 0.2) is 0 Å². The fourth-order valence-electron chi connectivity index (χ4n) is 3.38. The summed E-state index contributed by atoms with van der Waals surface area (Å²) in [5.41, 5.74) is 1.17. The van der Waals surface area contributed by atoms with Gasteiger partial charge in [0.1, 0.15) is 11.6 Å². The molecular weight excluding hydrogens is 539 g/mol. The van der Waals surface area contributed by atoms with Gasteiger partial charge in [0, 0.05) is 34.2 Å². The highest BCUT2D eigenvalue weighted by Gasteiger charge is 2.16. The Kier molecular flexibility index (Phi) is 6.92. The second-order valence-corrected chi connectivity index (χ2v) is 11.3. The topological polar surface area (TPSA) is 78.5 Å². The lowest BCUT2D eigenvalue weighted by Gasteiger charge is -2.21. The van der Waals surface area contributed by atoms with E-state index in [1.807, 2.05) is 0 Å². The van der Waals surface area contributed by atoms with Crippen LogP contribution in [0.15, 0.2) is 54.6 Å². The molecule has 0 saturated carbocycles. The van der Waals surface area contributed by atoms with Crippen molar-refractivity contribution in [1.82, 2.24) is 0 Å². The maximum Gasteiger partial charge on any atom is 0.265 e. The van der Waals surface area contributed by atoms with E-state index in [1.165, 1.54) is 28.4 Å². The van der Waals surface area contributed by atoms with Gasteiger partial charge in [-0.1, -0.05) is 23.2 Å². The first-order chi connectivity index (χ1) is 16.4. The van der Waals surface area contributed by atoms with Crippen LogP contribution >= 0.6 is 34.5 Å². The summed E-state index contributed by atoms with van der Waals surface area (Å²) in [5, 5.41) is 3.89. The van der Waals surface area contributed by atoms with Crippen LogP contribution in [-0.4, -0.2) is 27.6 Å². The number of benzene rings is 3. The highest BCUT2D eigenvalue weighted by molar-refractivity contribution is 7.92. The van der Waals surface area contributed by atoms with Gasteiger partial charge in [-0.3, -0.25) is 9.52 Å². The van der Waals surface area contributed by atoms with Crippen molar-refractivity contribution >= 4 is 83.3 Å². The van der Waals surface area contributed by atoms with Crippen LogP contribution in [0.4, 0.5) is 31.5 Å². The molecule has 1 heterocycles. The van der Waals surface area contributed by atoms with E-state index in [4.69, 9.17) is 23.2 Å². The molecule has 0 bridgehead atoms. The summed E-state index contributed by atoms with van der Waals surface area (Å²) in [6.45, 7) is 0. The van der Waals surface area contributed by atoms with Crippen molar-refractivity contribution in [2.75, 3.05) is 28.2 Å². The number of anilines is 4. The fourth-order valence-corrected chi connectivity index (χ4v) is 5.49. The van der Waals surface area contributed by atoms with Crippen molar-refractivity contribution in [3.63, 3.8) is 0 Å². The predicted octanol–water partition coefficient (Wildman–Crippen LogP) is 6.88. The molecule has 0 aliphatic carbocycles. The van der Waals surface area contributed by atoms with E-state index >= 15 is 0 Å². The maximum atomic E-state index is 14.2. The van der Waals surface area contributed by atoms with E-state index in [0.29, 0.717) is 31.4 Å². The molecule has 0 fully saturated rings. The molecular formula is C23H17Cl2F2N3O3S2. The van der Waals surface area contributed by atoms with Gasteiger partial charge in [-0.05, 0) is 53.9 Å². The molecule has 1 aromatic heterocycles. The average Bonchev–Trinajstić information content (AvgIpc) is 3.15. The lowest BCUT2D eigenvalue weighted by molar-refractivity contribution is 0.103. The molecule has 0 radical (unpaired) electrons. The number of hydrogen-bond acceptors (Lipinski definition) is 5. The first kappa shape index (κ1) is 25.2. The molecule has 0 atom stereocenters. The van der Waals surface area contributed by atoms with Crippen molar-refractivity contribution in [3.8, 4) is 0 Å². The lowest BCUT2D eigenvalue weighted by atomic mass is 10.2. The minimum atomic E-state index is -3.53. The van der Waals surface area contributed by atoms with Crippen LogP contribution in [0, 0.1) is 11.6 Å².